The van der Waals surface area contributed by atoms with Gasteiger partial charge in [0.2, 0.25) is 5.91 Å². The zero-order valence-corrected chi connectivity index (χ0v) is 12.5. The number of aliphatic carboxylic acids is 1. The van der Waals surface area contributed by atoms with Gasteiger partial charge in [0.05, 0.1) is 0 Å². The van der Waals surface area contributed by atoms with Crippen molar-refractivity contribution in [1.29, 1.82) is 0 Å². The van der Waals surface area contributed by atoms with Crippen LogP contribution in [-0.4, -0.2) is 29.6 Å². The standard InChI is InChI=1S/C16H22N2O3/c1-3-11-6-7-18(14(9-11)16(20)21)12-4-5-13(15(17)19)10(2)8-12/h4-5,8,11,14H,3,6-7,9H2,1-2H3,(H2,17,19)(H,20,21). The Bertz CT molecular complexity index is 556. The number of anilines is 1. The second-order valence-electron chi connectivity index (χ2n) is 5.71. The van der Waals surface area contributed by atoms with Crippen molar-refractivity contribution in [2.45, 2.75) is 39.2 Å². The van der Waals surface area contributed by atoms with Crippen LogP contribution in [0.4, 0.5) is 5.69 Å². The van der Waals surface area contributed by atoms with E-state index in [2.05, 4.69) is 6.92 Å². The number of primary amides is 1. The summed E-state index contributed by atoms with van der Waals surface area (Å²) in [5.41, 5.74) is 7.41. The summed E-state index contributed by atoms with van der Waals surface area (Å²) < 4.78 is 0. The van der Waals surface area contributed by atoms with Gasteiger partial charge in [0.15, 0.2) is 0 Å². The Balaban J connectivity index is 2.29. The predicted molar refractivity (Wildman–Crippen MR) is 81.5 cm³/mol. The molecule has 1 amide bonds. The van der Waals surface area contributed by atoms with E-state index in [1.807, 2.05) is 17.9 Å². The van der Waals surface area contributed by atoms with Crippen LogP contribution < -0.4 is 10.6 Å². The molecule has 0 aromatic heterocycles. The fourth-order valence-electron chi connectivity index (χ4n) is 3.06. The molecule has 1 aromatic rings. The van der Waals surface area contributed by atoms with Crippen molar-refractivity contribution < 1.29 is 14.7 Å². The lowest BCUT2D eigenvalue weighted by Gasteiger charge is -2.38. The number of carbonyl (C=O) groups excluding carboxylic acids is 1. The molecule has 2 atom stereocenters. The molecule has 1 fully saturated rings. The molecule has 0 radical (unpaired) electrons. The Morgan fingerprint density at radius 1 is 1.43 bits per heavy atom. The van der Waals surface area contributed by atoms with Crippen molar-refractivity contribution in [3.8, 4) is 0 Å². The lowest BCUT2D eigenvalue weighted by atomic mass is 9.88. The number of rotatable bonds is 4. The maximum atomic E-state index is 11.5. The molecule has 1 saturated heterocycles. The minimum atomic E-state index is -0.787. The van der Waals surface area contributed by atoms with Gasteiger partial charge in [-0.2, -0.15) is 0 Å². The largest absolute Gasteiger partial charge is 0.480 e. The molecular formula is C16H22N2O3. The van der Waals surface area contributed by atoms with Gasteiger partial charge in [-0.25, -0.2) is 4.79 Å². The smallest absolute Gasteiger partial charge is 0.326 e. The molecule has 5 heteroatoms. The number of nitrogens with two attached hydrogens (primary N) is 1. The fraction of sp³-hybridized carbons (Fsp3) is 0.500. The maximum Gasteiger partial charge on any atom is 0.326 e. The first kappa shape index (κ1) is 15.4. The van der Waals surface area contributed by atoms with Crippen molar-refractivity contribution in [2.75, 3.05) is 11.4 Å². The van der Waals surface area contributed by atoms with Gasteiger partial charge in [-0.1, -0.05) is 13.3 Å². The minimum absolute atomic E-state index is 0.460. The van der Waals surface area contributed by atoms with E-state index in [1.54, 1.807) is 12.1 Å². The van der Waals surface area contributed by atoms with Gasteiger partial charge in [0, 0.05) is 17.8 Å². The third-order valence-electron chi connectivity index (χ3n) is 4.38. The Morgan fingerprint density at radius 2 is 2.14 bits per heavy atom. The number of carboxylic acids is 1. The first-order chi connectivity index (χ1) is 9.93. The maximum absolute atomic E-state index is 11.5. The lowest BCUT2D eigenvalue weighted by molar-refractivity contribution is -0.139. The summed E-state index contributed by atoms with van der Waals surface area (Å²) in [6.45, 7) is 4.65. The lowest BCUT2D eigenvalue weighted by Crippen LogP contribution is -2.47. The second-order valence-corrected chi connectivity index (χ2v) is 5.71. The number of carboxylic acid groups (broad SMARTS) is 1. The summed E-state index contributed by atoms with van der Waals surface area (Å²) in [7, 11) is 0. The van der Waals surface area contributed by atoms with Gasteiger partial charge in [-0.15, -0.1) is 0 Å². The number of benzene rings is 1. The molecule has 1 heterocycles. The van der Waals surface area contributed by atoms with Crippen LogP contribution in [0.25, 0.3) is 0 Å². The molecule has 0 aliphatic carbocycles. The highest BCUT2D eigenvalue weighted by Crippen LogP contribution is 2.31. The molecule has 1 aliphatic heterocycles. The molecule has 0 saturated carbocycles. The summed E-state index contributed by atoms with van der Waals surface area (Å²) in [6.07, 6.45) is 2.68. The van der Waals surface area contributed by atoms with Crippen LogP contribution >= 0.6 is 0 Å². The molecule has 5 nitrogen and oxygen atoms in total. The highest BCUT2D eigenvalue weighted by Gasteiger charge is 2.33. The van der Waals surface area contributed by atoms with Gasteiger partial charge in [-0.05, 0) is 49.4 Å². The van der Waals surface area contributed by atoms with Gasteiger partial charge >= 0.3 is 5.97 Å². The second kappa shape index (κ2) is 6.16. The SMILES string of the molecule is CCC1CCN(c2ccc(C(N)=O)c(C)c2)C(C(=O)O)C1. The van der Waals surface area contributed by atoms with E-state index in [9.17, 15) is 14.7 Å². The van der Waals surface area contributed by atoms with E-state index < -0.39 is 17.9 Å². The van der Waals surface area contributed by atoms with Gasteiger partial charge < -0.3 is 15.7 Å². The first-order valence-corrected chi connectivity index (χ1v) is 7.34. The molecule has 3 N–H and O–H groups in total. The molecule has 0 spiro atoms. The van der Waals surface area contributed by atoms with E-state index in [1.165, 1.54) is 0 Å². The Labute approximate surface area is 124 Å². The molecular weight excluding hydrogens is 268 g/mol. The number of nitrogens with zero attached hydrogens (tertiary/aromatic N) is 1. The van der Waals surface area contributed by atoms with E-state index in [4.69, 9.17) is 5.73 Å². The monoisotopic (exact) mass is 290 g/mol. The zero-order valence-electron chi connectivity index (χ0n) is 12.5. The van der Waals surface area contributed by atoms with Crippen LogP contribution in [0.5, 0.6) is 0 Å². The zero-order chi connectivity index (χ0) is 15.6. The third-order valence-corrected chi connectivity index (χ3v) is 4.38. The number of hydrogen-bond donors (Lipinski definition) is 2. The number of piperidine rings is 1. The number of aryl methyl sites for hydroxylation is 1. The molecule has 1 aliphatic rings. The summed E-state index contributed by atoms with van der Waals surface area (Å²) in [5, 5.41) is 9.48. The molecule has 21 heavy (non-hydrogen) atoms. The van der Waals surface area contributed by atoms with Crippen molar-refractivity contribution in [2.24, 2.45) is 11.7 Å². The topological polar surface area (TPSA) is 83.6 Å². The van der Waals surface area contributed by atoms with Gasteiger partial charge in [0.25, 0.3) is 0 Å². The van der Waals surface area contributed by atoms with Crippen molar-refractivity contribution in [3.05, 3.63) is 29.3 Å². The van der Waals surface area contributed by atoms with Crippen molar-refractivity contribution >= 4 is 17.6 Å². The molecule has 1 aromatic carbocycles. The molecule has 114 valence electrons. The predicted octanol–water partition coefficient (Wildman–Crippen LogP) is 2.17. The van der Waals surface area contributed by atoms with Crippen molar-refractivity contribution in [3.63, 3.8) is 0 Å². The average Bonchev–Trinajstić information content (AvgIpc) is 2.46. The first-order valence-electron chi connectivity index (χ1n) is 7.34. The Kier molecular flexibility index (Phi) is 4.50. The third kappa shape index (κ3) is 3.17. The number of hydrogen-bond acceptors (Lipinski definition) is 3. The number of carbonyl (C=O) groups is 2. The minimum Gasteiger partial charge on any atom is -0.480 e. The fourth-order valence-corrected chi connectivity index (χ4v) is 3.06. The van der Waals surface area contributed by atoms with Crippen molar-refractivity contribution in [1.82, 2.24) is 0 Å². The summed E-state index contributed by atoms with van der Waals surface area (Å²) >= 11 is 0. The van der Waals surface area contributed by atoms with Crippen LogP contribution in [0.1, 0.15) is 42.1 Å². The van der Waals surface area contributed by atoms with E-state index in [0.29, 0.717) is 17.9 Å². The molecule has 2 rings (SSSR count). The van der Waals surface area contributed by atoms with Crippen LogP contribution in [0.3, 0.4) is 0 Å². The highest BCUT2D eigenvalue weighted by molar-refractivity contribution is 5.94. The summed E-state index contributed by atoms with van der Waals surface area (Å²) in [6, 6.07) is 4.82. The van der Waals surface area contributed by atoms with Crippen LogP contribution in [0, 0.1) is 12.8 Å². The van der Waals surface area contributed by atoms with E-state index >= 15 is 0 Å². The highest BCUT2D eigenvalue weighted by atomic mass is 16.4. The normalized spacial score (nSPS) is 22.1. The number of amides is 1. The van der Waals surface area contributed by atoms with Crippen LogP contribution in [0.2, 0.25) is 0 Å². The molecule has 2 unspecified atom stereocenters. The van der Waals surface area contributed by atoms with Crippen LogP contribution in [-0.2, 0) is 4.79 Å². The summed E-state index contributed by atoms with van der Waals surface area (Å²) in [4.78, 5) is 24.7. The summed E-state index contributed by atoms with van der Waals surface area (Å²) in [5.74, 6) is -0.781. The average molecular weight is 290 g/mol. The van der Waals surface area contributed by atoms with E-state index in [0.717, 1.165) is 30.6 Å². The van der Waals surface area contributed by atoms with Gasteiger partial charge in [-0.3, -0.25) is 4.79 Å². The van der Waals surface area contributed by atoms with E-state index in [-0.39, 0.29) is 0 Å². The Hall–Kier alpha value is -2.04. The quantitative estimate of drug-likeness (QED) is 0.890. The van der Waals surface area contributed by atoms with Gasteiger partial charge in [0.1, 0.15) is 6.04 Å². The Morgan fingerprint density at radius 3 is 2.67 bits per heavy atom. The van der Waals surface area contributed by atoms with Crippen LogP contribution in [0.15, 0.2) is 18.2 Å². The molecule has 0 bridgehead atoms.